The van der Waals surface area contributed by atoms with E-state index in [1.165, 1.54) is 89.9 Å². The lowest BCUT2D eigenvalue weighted by Gasteiger charge is -2.17. The van der Waals surface area contributed by atoms with Gasteiger partial charge in [0.05, 0.1) is 46.2 Å². The van der Waals surface area contributed by atoms with Crippen LogP contribution in [0, 0.1) is 5.92 Å². The molecule has 0 aromatic carbocycles. The van der Waals surface area contributed by atoms with E-state index in [-0.39, 0.29) is 5.97 Å². The molecule has 0 aromatic rings. The predicted molar refractivity (Wildman–Crippen MR) is 153 cm³/mol. The van der Waals surface area contributed by atoms with Crippen LogP contribution < -0.4 is 0 Å². The van der Waals surface area contributed by atoms with E-state index in [1.807, 2.05) is 0 Å². The van der Waals surface area contributed by atoms with Gasteiger partial charge >= 0.3 is 5.97 Å². The molecule has 1 atom stereocenters. The zero-order valence-corrected chi connectivity index (χ0v) is 24.9. The fourth-order valence-corrected chi connectivity index (χ4v) is 4.20. The molecular formula is C31H62O6. The van der Waals surface area contributed by atoms with Crippen molar-refractivity contribution in [1.29, 1.82) is 0 Å². The van der Waals surface area contributed by atoms with Crippen LogP contribution in [-0.2, 0) is 28.5 Å². The number of ether oxygens (including phenoxy) is 5. The van der Waals surface area contributed by atoms with Gasteiger partial charge in [0, 0.05) is 19.6 Å². The molecule has 222 valence electrons. The summed E-state index contributed by atoms with van der Waals surface area (Å²) < 4.78 is 27.7. The first-order valence-corrected chi connectivity index (χ1v) is 15.7. The van der Waals surface area contributed by atoms with E-state index in [4.69, 9.17) is 23.7 Å². The lowest BCUT2D eigenvalue weighted by molar-refractivity contribution is -0.145. The molecule has 0 heterocycles. The molecule has 0 radical (unpaired) electrons. The predicted octanol–water partition coefficient (Wildman–Crippen LogP) is 7.90. The van der Waals surface area contributed by atoms with Crippen LogP contribution >= 0.6 is 0 Å². The molecule has 0 spiro atoms. The smallest absolute Gasteiger partial charge is 0.305 e. The van der Waals surface area contributed by atoms with Gasteiger partial charge in [-0.25, -0.2) is 0 Å². The van der Waals surface area contributed by atoms with E-state index in [0.29, 0.717) is 71.6 Å². The Kier molecular flexibility index (Phi) is 30.9. The molecule has 0 aromatic heterocycles. The minimum atomic E-state index is -0.0900. The van der Waals surface area contributed by atoms with Crippen molar-refractivity contribution < 1.29 is 28.5 Å². The number of hydrogen-bond donors (Lipinski definition) is 0. The molecule has 0 rings (SSSR count). The summed E-state index contributed by atoms with van der Waals surface area (Å²) >= 11 is 0. The second kappa shape index (κ2) is 31.5. The SMILES string of the molecule is CCCCCCCCC(CCCCCC)COC(=O)CCCOCCOCCOCCOCCCCC. The molecule has 0 aliphatic rings. The van der Waals surface area contributed by atoms with Gasteiger partial charge in [0.1, 0.15) is 0 Å². The fraction of sp³-hybridized carbons (Fsp3) is 0.968. The Labute approximate surface area is 229 Å². The summed E-state index contributed by atoms with van der Waals surface area (Å²) in [4.78, 5) is 12.2. The van der Waals surface area contributed by atoms with Crippen molar-refractivity contribution in [2.45, 2.75) is 130 Å². The highest BCUT2D eigenvalue weighted by atomic mass is 16.6. The van der Waals surface area contributed by atoms with Crippen molar-refractivity contribution in [1.82, 2.24) is 0 Å². The quantitative estimate of drug-likeness (QED) is 0.0670. The molecule has 0 bridgehead atoms. The summed E-state index contributed by atoms with van der Waals surface area (Å²) in [5, 5.41) is 0. The van der Waals surface area contributed by atoms with Crippen LogP contribution in [0.2, 0.25) is 0 Å². The van der Waals surface area contributed by atoms with Gasteiger partial charge in [-0.05, 0) is 31.6 Å². The Morgan fingerprint density at radius 1 is 0.486 bits per heavy atom. The summed E-state index contributed by atoms with van der Waals surface area (Å²) in [7, 11) is 0. The minimum Gasteiger partial charge on any atom is -0.465 e. The van der Waals surface area contributed by atoms with Gasteiger partial charge in [-0.1, -0.05) is 97.8 Å². The third kappa shape index (κ3) is 29.7. The van der Waals surface area contributed by atoms with Crippen molar-refractivity contribution in [3.63, 3.8) is 0 Å². The Bertz CT molecular complexity index is 445. The Balaban J connectivity index is 3.63. The van der Waals surface area contributed by atoms with Gasteiger partial charge in [-0.3, -0.25) is 4.79 Å². The van der Waals surface area contributed by atoms with Gasteiger partial charge in [0.15, 0.2) is 0 Å². The fourth-order valence-electron chi connectivity index (χ4n) is 4.20. The zero-order valence-electron chi connectivity index (χ0n) is 24.9. The molecule has 0 N–H and O–H groups in total. The number of esters is 1. The largest absolute Gasteiger partial charge is 0.465 e. The van der Waals surface area contributed by atoms with Crippen LogP contribution in [0.15, 0.2) is 0 Å². The van der Waals surface area contributed by atoms with E-state index in [0.717, 1.165) is 13.0 Å². The highest BCUT2D eigenvalue weighted by Gasteiger charge is 2.12. The summed E-state index contributed by atoms with van der Waals surface area (Å²) in [5.74, 6) is 0.426. The standard InChI is InChI=1S/C31H62O6/c1-4-7-10-12-13-15-19-30(18-14-11-8-5-2)29-37-31(32)20-17-22-34-24-26-36-28-27-35-25-23-33-21-16-9-6-3/h30H,4-29H2,1-3H3. The van der Waals surface area contributed by atoms with Crippen LogP contribution in [0.25, 0.3) is 0 Å². The normalized spacial score (nSPS) is 12.2. The average Bonchev–Trinajstić information content (AvgIpc) is 2.90. The Hall–Kier alpha value is -0.690. The number of hydrogen-bond acceptors (Lipinski definition) is 6. The van der Waals surface area contributed by atoms with Crippen molar-refractivity contribution >= 4 is 5.97 Å². The van der Waals surface area contributed by atoms with E-state index in [9.17, 15) is 4.79 Å². The number of rotatable bonds is 31. The van der Waals surface area contributed by atoms with Gasteiger partial charge in [0.2, 0.25) is 0 Å². The monoisotopic (exact) mass is 530 g/mol. The van der Waals surface area contributed by atoms with E-state index in [2.05, 4.69) is 20.8 Å². The third-order valence-corrected chi connectivity index (χ3v) is 6.59. The highest BCUT2D eigenvalue weighted by molar-refractivity contribution is 5.69. The first kappa shape index (κ1) is 36.3. The van der Waals surface area contributed by atoms with Crippen molar-refractivity contribution in [2.75, 3.05) is 59.5 Å². The van der Waals surface area contributed by atoms with E-state index >= 15 is 0 Å². The summed E-state index contributed by atoms with van der Waals surface area (Å²) in [6, 6.07) is 0. The average molecular weight is 531 g/mol. The molecule has 0 amide bonds. The van der Waals surface area contributed by atoms with Crippen LogP contribution in [-0.4, -0.2) is 65.4 Å². The molecule has 0 saturated heterocycles. The molecule has 0 aliphatic carbocycles. The van der Waals surface area contributed by atoms with Crippen LogP contribution in [0.3, 0.4) is 0 Å². The molecule has 6 heteroatoms. The van der Waals surface area contributed by atoms with Crippen molar-refractivity contribution in [3.8, 4) is 0 Å². The van der Waals surface area contributed by atoms with Gasteiger partial charge in [0.25, 0.3) is 0 Å². The van der Waals surface area contributed by atoms with Crippen LogP contribution in [0.1, 0.15) is 130 Å². The topological polar surface area (TPSA) is 63.2 Å². The van der Waals surface area contributed by atoms with Crippen LogP contribution in [0.5, 0.6) is 0 Å². The Morgan fingerprint density at radius 2 is 0.892 bits per heavy atom. The molecule has 0 fully saturated rings. The maximum absolute atomic E-state index is 12.2. The van der Waals surface area contributed by atoms with Crippen LogP contribution in [0.4, 0.5) is 0 Å². The molecule has 37 heavy (non-hydrogen) atoms. The maximum atomic E-state index is 12.2. The molecule has 6 nitrogen and oxygen atoms in total. The van der Waals surface area contributed by atoms with Gasteiger partial charge < -0.3 is 23.7 Å². The number of unbranched alkanes of at least 4 members (excludes halogenated alkanes) is 10. The number of carbonyl (C=O) groups is 1. The molecule has 0 aliphatic heterocycles. The second-order valence-corrected chi connectivity index (χ2v) is 10.2. The molecular weight excluding hydrogens is 468 g/mol. The molecule has 1 unspecified atom stereocenters. The zero-order chi connectivity index (χ0) is 27.1. The highest BCUT2D eigenvalue weighted by Crippen LogP contribution is 2.19. The van der Waals surface area contributed by atoms with E-state index < -0.39 is 0 Å². The first-order valence-electron chi connectivity index (χ1n) is 15.7. The van der Waals surface area contributed by atoms with Gasteiger partial charge in [-0.2, -0.15) is 0 Å². The summed E-state index contributed by atoms with van der Waals surface area (Å²) in [6.07, 6.45) is 20.0. The first-order chi connectivity index (χ1) is 18.2. The van der Waals surface area contributed by atoms with Crippen molar-refractivity contribution in [3.05, 3.63) is 0 Å². The maximum Gasteiger partial charge on any atom is 0.305 e. The lowest BCUT2D eigenvalue weighted by atomic mass is 9.95. The lowest BCUT2D eigenvalue weighted by Crippen LogP contribution is -2.15. The number of carbonyl (C=O) groups excluding carboxylic acids is 1. The van der Waals surface area contributed by atoms with Crippen molar-refractivity contribution in [2.24, 2.45) is 5.92 Å². The summed E-state index contributed by atoms with van der Waals surface area (Å²) in [6.45, 7) is 12.1. The van der Waals surface area contributed by atoms with Gasteiger partial charge in [-0.15, -0.1) is 0 Å². The Morgan fingerprint density at radius 3 is 1.43 bits per heavy atom. The third-order valence-electron chi connectivity index (χ3n) is 6.59. The molecule has 0 saturated carbocycles. The second-order valence-electron chi connectivity index (χ2n) is 10.2. The van der Waals surface area contributed by atoms with E-state index in [1.54, 1.807) is 0 Å². The summed E-state index contributed by atoms with van der Waals surface area (Å²) in [5.41, 5.74) is 0. The minimum absolute atomic E-state index is 0.0900.